The average molecular weight is 402 g/mol. The fourth-order valence-corrected chi connectivity index (χ4v) is 4.23. The third kappa shape index (κ3) is 2.66. The summed E-state index contributed by atoms with van der Waals surface area (Å²) in [4.78, 5) is 13.8. The van der Waals surface area contributed by atoms with Crippen LogP contribution in [0.15, 0.2) is 91.3 Å². The van der Waals surface area contributed by atoms with E-state index < -0.39 is 0 Å². The molecule has 4 aromatic carbocycles. The Morgan fingerprint density at radius 1 is 0.710 bits per heavy atom. The number of nitrogens with two attached hydrogens (primary N) is 1. The highest BCUT2D eigenvalue weighted by Gasteiger charge is 2.20. The van der Waals surface area contributed by atoms with Crippen LogP contribution in [-0.4, -0.2) is 19.5 Å². The summed E-state index contributed by atoms with van der Waals surface area (Å²) < 4.78 is 2.10. The Bertz CT molecular complexity index is 1570. The largest absolute Gasteiger partial charge is 0.306 e. The van der Waals surface area contributed by atoms with E-state index in [4.69, 9.17) is 10.8 Å². The molecule has 6 nitrogen and oxygen atoms in total. The van der Waals surface area contributed by atoms with E-state index in [1.165, 1.54) is 6.33 Å². The lowest BCUT2D eigenvalue weighted by molar-refractivity contribution is 1.08. The lowest BCUT2D eigenvalue weighted by Gasteiger charge is -2.13. The van der Waals surface area contributed by atoms with Crippen LogP contribution in [0.2, 0.25) is 0 Å². The summed E-state index contributed by atoms with van der Waals surface area (Å²) in [5, 5.41) is 4.54. The van der Waals surface area contributed by atoms with Gasteiger partial charge in [-0.05, 0) is 22.2 Å². The minimum absolute atomic E-state index is 0.491. The molecule has 6 aromatic rings. The Labute approximate surface area is 178 Å². The van der Waals surface area contributed by atoms with Gasteiger partial charge in [0.25, 0.3) is 0 Å². The first-order chi connectivity index (χ1) is 15.3. The molecule has 2 heterocycles. The number of aromatic nitrogens is 4. The normalized spacial score (nSPS) is 11.4. The minimum Gasteiger partial charge on any atom is -0.306 e. The highest BCUT2D eigenvalue weighted by Crippen LogP contribution is 2.35. The number of hydrogen-bond donors (Lipinski definition) is 2. The molecule has 148 valence electrons. The van der Waals surface area contributed by atoms with Gasteiger partial charge in [0.05, 0.1) is 5.69 Å². The van der Waals surface area contributed by atoms with Crippen LogP contribution in [0.5, 0.6) is 0 Å². The molecule has 0 fully saturated rings. The predicted octanol–water partition coefficient (Wildman–Crippen LogP) is 5.07. The maximum atomic E-state index is 5.74. The molecular formula is C25H18N6. The van der Waals surface area contributed by atoms with Crippen LogP contribution in [0.1, 0.15) is 0 Å². The second-order valence-corrected chi connectivity index (χ2v) is 7.33. The summed E-state index contributed by atoms with van der Waals surface area (Å²) in [5.41, 5.74) is 6.01. The lowest BCUT2D eigenvalue weighted by atomic mass is 10.0. The van der Waals surface area contributed by atoms with Crippen LogP contribution in [0.25, 0.3) is 49.8 Å². The molecule has 31 heavy (non-hydrogen) atoms. The highest BCUT2D eigenvalue weighted by molar-refractivity contribution is 6.00. The van der Waals surface area contributed by atoms with Gasteiger partial charge < -0.3 is 5.43 Å². The molecule has 0 saturated carbocycles. The van der Waals surface area contributed by atoms with Gasteiger partial charge >= 0.3 is 0 Å². The summed E-state index contributed by atoms with van der Waals surface area (Å²) in [5.74, 6) is 7.03. The van der Waals surface area contributed by atoms with Crippen molar-refractivity contribution in [2.24, 2.45) is 5.84 Å². The van der Waals surface area contributed by atoms with Crippen molar-refractivity contribution in [1.29, 1.82) is 0 Å². The van der Waals surface area contributed by atoms with Crippen molar-refractivity contribution < 1.29 is 0 Å². The molecule has 0 saturated heterocycles. The van der Waals surface area contributed by atoms with Gasteiger partial charge in [-0.15, -0.1) is 0 Å². The van der Waals surface area contributed by atoms with Crippen molar-refractivity contribution in [3.8, 4) is 17.1 Å². The molecule has 0 aliphatic carbocycles. The Hall–Kier alpha value is -4.29. The van der Waals surface area contributed by atoms with Gasteiger partial charge in [-0.2, -0.15) is 0 Å². The van der Waals surface area contributed by atoms with Crippen molar-refractivity contribution in [1.82, 2.24) is 19.5 Å². The Morgan fingerprint density at radius 3 is 2.19 bits per heavy atom. The smallest absolute Gasteiger partial charge is 0.171 e. The van der Waals surface area contributed by atoms with E-state index in [9.17, 15) is 0 Å². The summed E-state index contributed by atoms with van der Waals surface area (Å²) in [6, 6.07) is 29.1. The van der Waals surface area contributed by atoms with E-state index in [0.29, 0.717) is 17.0 Å². The first-order valence-electron chi connectivity index (χ1n) is 10.0. The zero-order chi connectivity index (χ0) is 20.8. The minimum atomic E-state index is 0.491. The molecule has 0 aliphatic heterocycles. The first-order valence-corrected chi connectivity index (χ1v) is 10.0. The first kappa shape index (κ1) is 17.6. The van der Waals surface area contributed by atoms with E-state index in [-0.39, 0.29) is 0 Å². The average Bonchev–Trinajstić information content (AvgIpc) is 3.22. The summed E-state index contributed by atoms with van der Waals surface area (Å²) in [6.45, 7) is 0. The van der Waals surface area contributed by atoms with Gasteiger partial charge in [-0.3, -0.25) is 4.57 Å². The number of hydrazine groups is 1. The molecule has 0 spiro atoms. The molecule has 0 atom stereocenters. The van der Waals surface area contributed by atoms with Gasteiger partial charge in [0.1, 0.15) is 12.2 Å². The number of benzene rings is 4. The number of hydrogen-bond acceptors (Lipinski definition) is 5. The van der Waals surface area contributed by atoms with Crippen molar-refractivity contribution in [2.75, 3.05) is 5.43 Å². The molecule has 3 N–H and O–H groups in total. The molecular weight excluding hydrogens is 384 g/mol. The maximum absolute atomic E-state index is 5.74. The Morgan fingerprint density at radius 2 is 1.39 bits per heavy atom. The van der Waals surface area contributed by atoms with Gasteiger partial charge in [-0.25, -0.2) is 20.8 Å². The van der Waals surface area contributed by atoms with Crippen molar-refractivity contribution >= 4 is 38.5 Å². The number of rotatable bonds is 3. The quantitative estimate of drug-likeness (QED) is 0.319. The van der Waals surface area contributed by atoms with Crippen molar-refractivity contribution in [3.63, 3.8) is 0 Å². The number of imidazole rings is 1. The zero-order valence-corrected chi connectivity index (χ0v) is 16.5. The Balaban J connectivity index is 1.79. The van der Waals surface area contributed by atoms with Crippen LogP contribution in [0, 0.1) is 0 Å². The number of nitrogens with one attached hydrogen (secondary N) is 1. The molecule has 0 bridgehead atoms. The van der Waals surface area contributed by atoms with E-state index in [1.54, 1.807) is 0 Å². The third-order valence-corrected chi connectivity index (χ3v) is 5.62. The standard InChI is InChI=1S/C25H18N6/c26-30-23-22-25(28-15-27-23)31(21-14-6-10-17-8-2-4-12-19(17)21)24(29-22)20-13-5-9-16-7-1-3-11-18(16)20/h1-15H,26H2,(H,27,28,30). The van der Waals surface area contributed by atoms with E-state index in [1.807, 2.05) is 24.3 Å². The molecule has 0 amide bonds. The van der Waals surface area contributed by atoms with Gasteiger partial charge in [0.2, 0.25) is 0 Å². The second kappa shape index (κ2) is 6.90. The number of anilines is 1. The number of nitrogens with zero attached hydrogens (tertiary/aromatic N) is 4. The van der Waals surface area contributed by atoms with Gasteiger partial charge in [0.15, 0.2) is 17.0 Å². The monoisotopic (exact) mass is 402 g/mol. The fraction of sp³-hybridized carbons (Fsp3) is 0. The third-order valence-electron chi connectivity index (χ3n) is 5.62. The van der Waals surface area contributed by atoms with E-state index >= 15 is 0 Å². The van der Waals surface area contributed by atoms with Crippen molar-refractivity contribution in [2.45, 2.75) is 0 Å². The molecule has 0 aliphatic rings. The van der Waals surface area contributed by atoms with Crippen LogP contribution >= 0.6 is 0 Å². The molecule has 2 aromatic heterocycles. The molecule has 0 radical (unpaired) electrons. The van der Waals surface area contributed by atoms with E-state index in [2.05, 4.69) is 80.6 Å². The molecule has 6 heteroatoms. The van der Waals surface area contributed by atoms with E-state index in [0.717, 1.165) is 38.6 Å². The summed E-state index contributed by atoms with van der Waals surface area (Å²) in [7, 11) is 0. The fourth-order valence-electron chi connectivity index (χ4n) is 4.23. The van der Waals surface area contributed by atoms with Crippen LogP contribution < -0.4 is 11.3 Å². The summed E-state index contributed by atoms with van der Waals surface area (Å²) >= 11 is 0. The van der Waals surface area contributed by atoms with Gasteiger partial charge in [-0.1, -0.05) is 78.9 Å². The van der Waals surface area contributed by atoms with Crippen LogP contribution in [0.3, 0.4) is 0 Å². The highest BCUT2D eigenvalue weighted by atomic mass is 15.3. The van der Waals surface area contributed by atoms with Crippen LogP contribution in [-0.2, 0) is 0 Å². The predicted molar refractivity (Wildman–Crippen MR) is 125 cm³/mol. The van der Waals surface area contributed by atoms with Gasteiger partial charge in [0, 0.05) is 10.9 Å². The van der Waals surface area contributed by atoms with Crippen molar-refractivity contribution in [3.05, 3.63) is 91.3 Å². The topological polar surface area (TPSA) is 81.7 Å². The maximum Gasteiger partial charge on any atom is 0.171 e. The Kier molecular flexibility index (Phi) is 3.91. The second-order valence-electron chi connectivity index (χ2n) is 7.33. The summed E-state index contributed by atoms with van der Waals surface area (Å²) in [6.07, 6.45) is 1.51. The molecule has 6 rings (SSSR count). The number of nitrogen functional groups attached to an aromatic ring is 1. The van der Waals surface area contributed by atoms with Crippen LogP contribution in [0.4, 0.5) is 5.82 Å². The lowest BCUT2D eigenvalue weighted by Crippen LogP contribution is -2.09. The number of fused-ring (bicyclic) bond motifs is 3. The molecule has 0 unspecified atom stereocenters. The zero-order valence-electron chi connectivity index (χ0n) is 16.5. The SMILES string of the molecule is NNc1ncnc2c1nc(-c1cccc3ccccc13)n2-c1cccc2ccccc12.